The Morgan fingerprint density at radius 3 is 2.04 bits per heavy atom. The smallest absolute Gasteiger partial charge is 0.329 e. The minimum atomic E-state index is -2.46. The number of aliphatic hydroxyl groups excluding tert-OH is 1. The Morgan fingerprint density at radius 1 is 0.698 bits per heavy atom. The van der Waals surface area contributed by atoms with Crippen LogP contribution in [0.5, 0.6) is 0 Å². The maximum Gasteiger partial charge on any atom is 0.329 e. The van der Waals surface area contributed by atoms with Crippen LogP contribution in [0, 0.1) is 41.4 Å². The van der Waals surface area contributed by atoms with Gasteiger partial charge in [-0.2, -0.15) is 10.1 Å². The summed E-state index contributed by atoms with van der Waals surface area (Å²) < 4.78 is 91.2. The maximum atomic E-state index is 14.8. The minimum Gasteiger partial charge on any atom is -0.460 e. The number of rotatable bonds is 42. The standard InChI is InChI=1S/C94H142N12O23/c1-62-18-12-11-13-19-63(2)79(115-8)57-73-25-22-68(7)94(114,129-73)88(111)91(112)105-31-16-14-21-75(105)92(113)127-80(58-76(107)64(3)53-67(6)86(110)87(117-10)85(109)66(5)52-62)65(4)54-70-23-26-78(81(55-70)116-9)126-35-17-15-20-72-60-104(102-100-72)34-37-119-39-41-121-43-45-123-47-49-125-51-50-124-48-46-122-44-42-120-40-38-118-36-30-82(108)103-32-28-69(29-33-103)59-106-90-83(89(95)97-61-98-90)84(101-106)71-24-27-77-74(56-71)99-93(96)128-77/h11-13,18-19,24,27,53,56,60-62,64-66,68-70,73,75,78-81,86-87,110,114H,14-17,20-23,25-26,28-52,54-55,57-59H2,1-10H3,(H2,96,99)(H2,95,97,98)/b13-11+,18-12+,63-19+,67-53+/t62-,64-,65-,66-,68-,70+,73+,75+,78-,79+,80+,81-,86-,87+,94-/m1/s1. The molecule has 1 aromatic carbocycles. The lowest BCUT2D eigenvalue weighted by atomic mass is 9.78. The number of hydrogen-bond donors (Lipinski definition) is 4. The first-order valence-corrected chi connectivity index (χ1v) is 46.4. The first-order chi connectivity index (χ1) is 62.4. The van der Waals surface area contributed by atoms with Crippen LogP contribution in [-0.4, -0.2) is 303 Å². The topological polar surface area (TPSA) is 431 Å². The molecule has 1 aliphatic carbocycles. The van der Waals surface area contributed by atoms with Gasteiger partial charge in [0.2, 0.25) is 11.7 Å². The van der Waals surface area contributed by atoms with Gasteiger partial charge in [0.15, 0.2) is 17.0 Å². The summed E-state index contributed by atoms with van der Waals surface area (Å²) >= 11 is 0. The number of fused-ring (bicyclic) bond motifs is 5. The quantitative estimate of drug-likeness (QED) is 0.0122. The van der Waals surface area contributed by atoms with Gasteiger partial charge in [0.25, 0.3) is 17.7 Å². The molecular formula is C94H142N12O23. The zero-order chi connectivity index (χ0) is 92.2. The molecule has 716 valence electrons. The second-order valence-corrected chi connectivity index (χ2v) is 35.1. The number of esters is 1. The molecule has 35 nitrogen and oxygen atoms in total. The van der Waals surface area contributed by atoms with Gasteiger partial charge in [-0.05, 0) is 163 Å². The lowest BCUT2D eigenvalue weighted by molar-refractivity contribution is -0.265. The summed E-state index contributed by atoms with van der Waals surface area (Å²) in [7, 11) is 4.65. The Hall–Kier alpha value is -8.24. The van der Waals surface area contributed by atoms with E-state index in [1.807, 2.05) is 86.0 Å². The summed E-state index contributed by atoms with van der Waals surface area (Å²) in [5.74, 6) is -7.47. The number of likely N-dealkylation sites (tertiary alicyclic amines) is 1. The van der Waals surface area contributed by atoms with Crippen molar-refractivity contribution < 1.29 is 110 Å². The number of unbranched alkanes of at least 4 members (excludes halogenated alkanes) is 1. The molecule has 10 rings (SSSR count). The number of aromatic nitrogens is 8. The van der Waals surface area contributed by atoms with Crippen LogP contribution in [-0.2, 0) is 115 Å². The van der Waals surface area contributed by atoms with Gasteiger partial charge in [0.05, 0.1) is 154 Å². The molecule has 5 aliphatic rings. The number of benzene rings is 1. The van der Waals surface area contributed by atoms with Gasteiger partial charge in [0.1, 0.15) is 53.5 Å². The van der Waals surface area contributed by atoms with Crippen LogP contribution >= 0.6 is 0 Å². The summed E-state index contributed by atoms with van der Waals surface area (Å²) in [4.78, 5) is 101. The van der Waals surface area contributed by atoms with E-state index in [9.17, 15) is 39.0 Å². The third-order valence-electron chi connectivity index (χ3n) is 25.4. The monoisotopic (exact) mass is 1810 g/mol. The number of nitrogens with zero attached hydrogens (tertiary/aromatic N) is 10. The highest BCUT2D eigenvalue weighted by atomic mass is 16.6. The van der Waals surface area contributed by atoms with Crippen molar-refractivity contribution in [2.45, 2.75) is 232 Å². The number of ether oxygens (including phenoxy) is 14. The Labute approximate surface area is 758 Å². The van der Waals surface area contributed by atoms with Crippen molar-refractivity contribution in [1.29, 1.82) is 0 Å². The summed E-state index contributed by atoms with van der Waals surface area (Å²) in [5, 5.41) is 38.1. The zero-order valence-electron chi connectivity index (χ0n) is 77.4. The van der Waals surface area contributed by atoms with E-state index in [0.717, 1.165) is 61.8 Å². The molecule has 2 amide bonds. The van der Waals surface area contributed by atoms with Crippen LogP contribution < -0.4 is 11.5 Å². The van der Waals surface area contributed by atoms with Crippen molar-refractivity contribution in [3.8, 4) is 11.3 Å². The number of nitrogen functional groups attached to an aromatic ring is 2. The van der Waals surface area contributed by atoms with Gasteiger partial charge in [-0.15, -0.1) is 5.10 Å². The van der Waals surface area contributed by atoms with Gasteiger partial charge in [-0.25, -0.2) is 24.1 Å². The van der Waals surface area contributed by atoms with E-state index in [1.54, 1.807) is 51.8 Å². The number of piperidine rings is 2. The van der Waals surface area contributed by atoms with Gasteiger partial charge in [0, 0.05) is 96.5 Å². The Morgan fingerprint density at radius 2 is 1.37 bits per heavy atom. The van der Waals surface area contributed by atoms with E-state index in [2.05, 4.69) is 25.3 Å². The Balaban J connectivity index is 0.542. The van der Waals surface area contributed by atoms with E-state index in [-0.39, 0.29) is 72.8 Å². The molecule has 2 bridgehead atoms. The normalized spacial score (nSPS) is 27.2. The largest absolute Gasteiger partial charge is 0.460 e. The van der Waals surface area contributed by atoms with Crippen molar-refractivity contribution >= 4 is 69.1 Å². The molecule has 129 heavy (non-hydrogen) atoms. The maximum absolute atomic E-state index is 14.8. The van der Waals surface area contributed by atoms with Gasteiger partial charge in [-0.3, -0.25) is 24.0 Å². The van der Waals surface area contributed by atoms with Gasteiger partial charge in [-0.1, -0.05) is 76.3 Å². The number of anilines is 2. The summed E-state index contributed by atoms with van der Waals surface area (Å²) in [5.41, 5.74) is 17.6. The van der Waals surface area contributed by atoms with Crippen LogP contribution in [0.1, 0.15) is 163 Å². The summed E-state index contributed by atoms with van der Waals surface area (Å²) in [6.45, 7) is 22.5. The van der Waals surface area contributed by atoms with Crippen LogP contribution in [0.15, 0.2) is 82.7 Å². The molecule has 0 unspecified atom stereocenters. The molecule has 35 heteroatoms. The van der Waals surface area contributed by atoms with Crippen LogP contribution in [0.2, 0.25) is 0 Å². The average molecular weight is 1810 g/mol. The van der Waals surface area contributed by atoms with E-state index in [0.29, 0.717) is 241 Å². The Bertz CT molecular complexity index is 4430. The molecule has 8 heterocycles. The fraction of sp³-hybridized carbons (Fsp3) is 0.702. The van der Waals surface area contributed by atoms with Gasteiger partial charge < -0.3 is 102 Å². The van der Waals surface area contributed by atoms with E-state index >= 15 is 0 Å². The lowest BCUT2D eigenvalue weighted by Gasteiger charge is -2.42. The molecule has 1 saturated carbocycles. The zero-order valence-corrected chi connectivity index (χ0v) is 77.4. The number of amides is 2. The van der Waals surface area contributed by atoms with Crippen molar-refractivity contribution in [2.75, 3.05) is 165 Å². The fourth-order valence-corrected chi connectivity index (χ4v) is 17.7. The number of carbonyl (C=O) groups excluding carboxylic acids is 6. The summed E-state index contributed by atoms with van der Waals surface area (Å²) in [6, 6.07) is 4.47. The fourth-order valence-electron chi connectivity index (χ4n) is 17.7. The third-order valence-corrected chi connectivity index (χ3v) is 25.4. The molecule has 15 atom stereocenters. The number of ketones is 3. The predicted octanol–water partition coefficient (Wildman–Crippen LogP) is 9.39. The van der Waals surface area contributed by atoms with Gasteiger partial charge >= 0.3 is 5.97 Å². The molecule has 0 radical (unpaired) electrons. The second kappa shape index (κ2) is 53.5. The average Bonchev–Trinajstić information content (AvgIpc) is 1.73. The highest BCUT2D eigenvalue weighted by Crippen LogP contribution is 2.40. The molecule has 6 N–H and O–H groups in total. The number of allylic oxidation sites excluding steroid dienone is 6. The first-order valence-electron chi connectivity index (χ1n) is 46.4. The molecule has 0 spiro atoms. The van der Waals surface area contributed by atoms with Crippen molar-refractivity contribution in [2.24, 2.45) is 41.4 Å². The van der Waals surface area contributed by atoms with E-state index < -0.39 is 77.8 Å². The number of nitrogens with two attached hydrogens (primary N) is 2. The SMILES string of the molecule is CO[C@H]1C[C@@H]2CC[C@@H](C)[C@@](O)(O2)C(=O)C(=O)N2CCCC[C@H]2C(=O)O[C@H]([C@H](C)C[C@@H]2CC[C@@H](OCCCCc3cn(CCOCCOCCOCCOCCOCCOCCOCCOCCC(=O)N4CCC(Cn5nc(-c6ccc7oc(N)nc7c6)c6c(N)ncnc65)CC4)nn3)[C@H](OC)C2)CC(=O)[C@H](C)/C=C(\C)[C@@H](O)[C@@H](OC)C(=O)[C@H](C)C[C@H](C)/C=C/C=C/C=C/1C. The second-order valence-electron chi connectivity index (χ2n) is 35.1. The summed E-state index contributed by atoms with van der Waals surface area (Å²) in [6.07, 6.45) is 19.5. The highest BCUT2D eigenvalue weighted by molar-refractivity contribution is 6.39. The van der Waals surface area contributed by atoms with Crippen LogP contribution in [0.4, 0.5) is 11.8 Å². The number of hydrogen-bond acceptors (Lipinski definition) is 31. The number of aliphatic hydroxyl groups is 2. The highest BCUT2D eigenvalue weighted by Gasteiger charge is 2.53. The van der Waals surface area contributed by atoms with Crippen LogP contribution in [0.3, 0.4) is 0 Å². The molecule has 4 aliphatic heterocycles. The number of cyclic esters (lactones) is 1. The van der Waals surface area contributed by atoms with E-state index in [1.165, 1.54) is 18.3 Å². The number of Topliss-reactive ketones (excluding diaryl/α,β-unsaturated/α-hetero) is 3. The lowest BCUT2D eigenvalue weighted by Crippen LogP contribution is -2.61. The van der Waals surface area contributed by atoms with E-state index in [4.69, 9.17) is 87.3 Å². The predicted molar refractivity (Wildman–Crippen MR) is 479 cm³/mol. The number of methoxy groups -OCH3 is 3. The van der Waals surface area contributed by atoms with Crippen LogP contribution in [0.25, 0.3) is 33.4 Å². The first kappa shape index (κ1) is 103. The minimum absolute atomic E-state index is 0.00496. The van der Waals surface area contributed by atoms with Crippen molar-refractivity contribution in [1.82, 2.24) is 49.5 Å². The number of oxazole rings is 1. The van der Waals surface area contributed by atoms with Crippen molar-refractivity contribution in [3.63, 3.8) is 0 Å². The molecule has 4 aromatic heterocycles. The Kier molecular flexibility index (Phi) is 42.6. The molecule has 4 fully saturated rings. The molecule has 5 aromatic rings. The van der Waals surface area contributed by atoms with Crippen molar-refractivity contribution in [3.05, 3.63) is 84.0 Å². The number of carbonyl (C=O) groups is 6. The molecule has 3 saturated heterocycles. The molecular weight excluding hydrogens is 1670 g/mol. The third kappa shape index (κ3) is 31.2. The number of aryl methyl sites for hydroxylation is 1.